The van der Waals surface area contributed by atoms with E-state index in [0.29, 0.717) is 11.4 Å². The monoisotopic (exact) mass is 515 g/mol. The fraction of sp³-hybridized carbons (Fsp3) is 0.536. The number of rotatable bonds is 13. The molecule has 1 fully saturated rings. The van der Waals surface area contributed by atoms with E-state index >= 15 is 0 Å². The fourth-order valence-corrected chi connectivity index (χ4v) is 6.15. The van der Waals surface area contributed by atoms with Crippen molar-refractivity contribution < 1.29 is 17.9 Å². The van der Waals surface area contributed by atoms with E-state index in [-0.39, 0.29) is 24.0 Å². The van der Waals surface area contributed by atoms with Gasteiger partial charge in [0.1, 0.15) is 0 Å². The molecule has 0 radical (unpaired) electrons. The Kier molecular flexibility index (Phi) is 10.9. The number of nitrogens with zero attached hydrogens (tertiary/aromatic N) is 2. The summed E-state index contributed by atoms with van der Waals surface area (Å²) in [4.78, 5) is 14.9. The molecule has 7 nitrogen and oxygen atoms in total. The lowest BCUT2D eigenvalue weighted by Crippen LogP contribution is -2.52. The lowest BCUT2D eigenvalue weighted by atomic mass is 9.92. The van der Waals surface area contributed by atoms with Crippen LogP contribution in [0.4, 0.5) is 0 Å². The molecule has 0 spiro atoms. The minimum atomic E-state index is -3.57. The second-order valence-electron chi connectivity index (χ2n) is 9.60. The number of methoxy groups -OCH3 is 1. The number of benzene rings is 2. The van der Waals surface area contributed by atoms with Gasteiger partial charge in [0.2, 0.25) is 10.0 Å². The standard InChI is InChI=1S/C28H41N3O4S/c1-4-5-18-29-27-21-24(28(32)35-3)16-19-31(27)20-17-25(23-12-8-6-9-13-23)22-30(2)36(33,34)26-14-10-7-11-15-26/h6-15,24-25,27,29H,4-5,16-22H2,1-3H3/t24-,25?,27+/m0/s1. The van der Waals surface area contributed by atoms with Crippen LogP contribution in [0.5, 0.6) is 0 Å². The molecule has 0 aliphatic carbocycles. The summed E-state index contributed by atoms with van der Waals surface area (Å²) >= 11 is 0. The van der Waals surface area contributed by atoms with E-state index < -0.39 is 10.0 Å². The maximum atomic E-state index is 13.2. The van der Waals surface area contributed by atoms with Gasteiger partial charge in [-0.05, 0) is 55.8 Å². The van der Waals surface area contributed by atoms with Crippen LogP contribution in [-0.2, 0) is 19.6 Å². The van der Waals surface area contributed by atoms with Crippen LogP contribution in [0, 0.1) is 5.92 Å². The van der Waals surface area contributed by atoms with Crippen molar-refractivity contribution in [3.8, 4) is 0 Å². The van der Waals surface area contributed by atoms with Gasteiger partial charge in [-0.2, -0.15) is 0 Å². The van der Waals surface area contributed by atoms with E-state index in [9.17, 15) is 13.2 Å². The summed E-state index contributed by atoms with van der Waals surface area (Å²) in [7, 11) is -0.456. The van der Waals surface area contributed by atoms with Gasteiger partial charge in [0.15, 0.2) is 0 Å². The Bertz CT molecular complexity index is 1030. The van der Waals surface area contributed by atoms with Crippen molar-refractivity contribution in [1.82, 2.24) is 14.5 Å². The second-order valence-corrected chi connectivity index (χ2v) is 11.6. The number of nitrogens with one attached hydrogen (secondary N) is 1. The molecule has 0 saturated carbocycles. The molecule has 1 unspecified atom stereocenters. The molecule has 2 aromatic rings. The summed E-state index contributed by atoms with van der Waals surface area (Å²) in [5.74, 6) is -0.173. The number of unbranched alkanes of at least 4 members (excludes halogenated alkanes) is 1. The Morgan fingerprint density at radius 1 is 1.14 bits per heavy atom. The fourth-order valence-electron chi connectivity index (χ4n) is 4.91. The van der Waals surface area contributed by atoms with Crippen molar-refractivity contribution in [3.05, 3.63) is 66.2 Å². The van der Waals surface area contributed by atoms with E-state index in [1.54, 1.807) is 31.3 Å². The topological polar surface area (TPSA) is 79.0 Å². The molecule has 3 atom stereocenters. The molecule has 1 saturated heterocycles. The number of carbonyl (C=O) groups is 1. The third-order valence-electron chi connectivity index (χ3n) is 7.12. The summed E-state index contributed by atoms with van der Waals surface area (Å²) in [6, 6.07) is 18.7. The molecule has 8 heteroatoms. The molecule has 1 aliphatic heterocycles. The van der Waals surface area contributed by atoms with E-state index in [0.717, 1.165) is 57.3 Å². The number of likely N-dealkylation sites (N-methyl/N-ethyl adjacent to an activating group) is 1. The quantitative estimate of drug-likeness (QED) is 0.320. The molecular weight excluding hydrogens is 474 g/mol. The van der Waals surface area contributed by atoms with Gasteiger partial charge in [0, 0.05) is 26.7 Å². The van der Waals surface area contributed by atoms with Crippen molar-refractivity contribution in [1.29, 1.82) is 0 Å². The first kappa shape index (κ1) is 28.3. The van der Waals surface area contributed by atoms with Crippen molar-refractivity contribution in [2.24, 2.45) is 5.92 Å². The van der Waals surface area contributed by atoms with Crippen molar-refractivity contribution in [2.45, 2.75) is 56.0 Å². The number of piperidine rings is 1. The number of sulfonamides is 1. The summed E-state index contributed by atoms with van der Waals surface area (Å²) in [5.41, 5.74) is 1.13. The SMILES string of the molecule is CCCCN[C@H]1C[C@@H](C(=O)OC)CCN1CCC(CN(C)S(=O)(=O)c1ccccc1)c1ccccc1. The molecule has 198 valence electrons. The summed E-state index contributed by atoms with van der Waals surface area (Å²) in [6.45, 7) is 5.10. The van der Waals surface area contributed by atoms with E-state index in [4.69, 9.17) is 4.74 Å². The summed E-state index contributed by atoms with van der Waals surface area (Å²) in [5, 5.41) is 3.64. The van der Waals surface area contributed by atoms with Gasteiger partial charge in [-0.15, -0.1) is 0 Å². The number of hydrogen-bond acceptors (Lipinski definition) is 6. The maximum absolute atomic E-state index is 13.2. The largest absolute Gasteiger partial charge is 0.469 e. The van der Waals surface area contributed by atoms with Crippen LogP contribution >= 0.6 is 0 Å². The number of ether oxygens (including phenoxy) is 1. The van der Waals surface area contributed by atoms with E-state index in [1.165, 1.54) is 11.4 Å². The molecule has 1 N–H and O–H groups in total. The Morgan fingerprint density at radius 3 is 2.44 bits per heavy atom. The second kappa shape index (κ2) is 13.9. The summed E-state index contributed by atoms with van der Waals surface area (Å²) in [6.07, 6.45) is 4.62. The van der Waals surface area contributed by atoms with Crippen LogP contribution in [0.15, 0.2) is 65.6 Å². The van der Waals surface area contributed by atoms with Gasteiger partial charge in [-0.1, -0.05) is 61.9 Å². The van der Waals surface area contributed by atoms with Gasteiger partial charge in [0.25, 0.3) is 0 Å². The molecular formula is C28H41N3O4S. The molecule has 1 aliphatic rings. The third-order valence-corrected chi connectivity index (χ3v) is 8.96. The van der Waals surface area contributed by atoms with Crippen LogP contribution in [0.3, 0.4) is 0 Å². The highest BCUT2D eigenvalue weighted by Gasteiger charge is 2.33. The highest BCUT2D eigenvalue weighted by molar-refractivity contribution is 7.89. The van der Waals surface area contributed by atoms with E-state index in [1.807, 2.05) is 24.3 Å². The van der Waals surface area contributed by atoms with Crippen LogP contribution < -0.4 is 5.32 Å². The highest BCUT2D eigenvalue weighted by atomic mass is 32.2. The minimum Gasteiger partial charge on any atom is -0.469 e. The molecule has 2 aromatic carbocycles. The number of likely N-dealkylation sites (tertiary alicyclic amines) is 1. The van der Waals surface area contributed by atoms with Crippen molar-refractivity contribution in [2.75, 3.05) is 40.3 Å². The van der Waals surface area contributed by atoms with Crippen LogP contribution in [0.2, 0.25) is 0 Å². The van der Waals surface area contributed by atoms with Crippen LogP contribution in [0.1, 0.15) is 50.5 Å². The number of esters is 1. The zero-order valence-corrected chi connectivity index (χ0v) is 22.6. The highest BCUT2D eigenvalue weighted by Crippen LogP contribution is 2.27. The van der Waals surface area contributed by atoms with Crippen molar-refractivity contribution >= 4 is 16.0 Å². The van der Waals surface area contributed by atoms with Crippen molar-refractivity contribution in [3.63, 3.8) is 0 Å². The predicted octanol–water partition coefficient (Wildman–Crippen LogP) is 4.08. The minimum absolute atomic E-state index is 0.0457. The first-order chi connectivity index (χ1) is 17.4. The zero-order valence-electron chi connectivity index (χ0n) is 21.8. The Labute approximate surface area is 216 Å². The van der Waals surface area contributed by atoms with Crippen LogP contribution in [0.25, 0.3) is 0 Å². The van der Waals surface area contributed by atoms with Gasteiger partial charge in [-0.25, -0.2) is 12.7 Å². The molecule has 36 heavy (non-hydrogen) atoms. The third kappa shape index (κ3) is 7.62. The van der Waals surface area contributed by atoms with Gasteiger partial charge in [0.05, 0.1) is 24.1 Å². The average Bonchev–Trinajstić information content (AvgIpc) is 2.91. The molecule has 1 heterocycles. The predicted molar refractivity (Wildman–Crippen MR) is 143 cm³/mol. The first-order valence-corrected chi connectivity index (χ1v) is 14.4. The van der Waals surface area contributed by atoms with Gasteiger partial charge < -0.3 is 10.1 Å². The van der Waals surface area contributed by atoms with Crippen LogP contribution in [-0.4, -0.2) is 70.1 Å². The molecule has 3 rings (SSSR count). The molecule has 0 bridgehead atoms. The first-order valence-electron chi connectivity index (χ1n) is 13.0. The number of hydrogen-bond donors (Lipinski definition) is 1. The Hall–Kier alpha value is -2.26. The van der Waals surface area contributed by atoms with E-state index in [2.05, 4.69) is 29.3 Å². The lowest BCUT2D eigenvalue weighted by Gasteiger charge is -2.40. The Balaban J connectivity index is 1.72. The maximum Gasteiger partial charge on any atom is 0.308 e. The normalized spacial score (nSPS) is 19.8. The number of carbonyl (C=O) groups excluding carboxylic acids is 1. The summed E-state index contributed by atoms with van der Waals surface area (Å²) < 4.78 is 32.9. The zero-order chi connectivity index (χ0) is 26.0. The molecule has 0 amide bonds. The Morgan fingerprint density at radius 2 is 1.81 bits per heavy atom. The van der Waals surface area contributed by atoms with Gasteiger partial charge in [-0.3, -0.25) is 9.69 Å². The molecule has 0 aromatic heterocycles. The van der Waals surface area contributed by atoms with Gasteiger partial charge >= 0.3 is 5.97 Å². The smallest absolute Gasteiger partial charge is 0.308 e. The average molecular weight is 516 g/mol. The lowest BCUT2D eigenvalue weighted by molar-refractivity contribution is -0.148.